The molecule has 12 heteroatoms. The van der Waals surface area contributed by atoms with Crippen LogP contribution in [0.2, 0.25) is 10.0 Å². The van der Waals surface area contributed by atoms with E-state index in [0.717, 1.165) is 24.8 Å². The van der Waals surface area contributed by atoms with Gasteiger partial charge in [-0.25, -0.2) is 0 Å². The lowest BCUT2D eigenvalue weighted by molar-refractivity contribution is -0.132. The van der Waals surface area contributed by atoms with Crippen LogP contribution in [0.5, 0.6) is 11.5 Å². The van der Waals surface area contributed by atoms with Crippen LogP contribution in [0, 0.1) is 0 Å². The summed E-state index contributed by atoms with van der Waals surface area (Å²) in [4.78, 5) is 28.6. The number of nitrogens with zero attached hydrogens (tertiary/aromatic N) is 3. The van der Waals surface area contributed by atoms with Crippen LogP contribution < -0.4 is 14.4 Å². The van der Waals surface area contributed by atoms with E-state index >= 15 is 0 Å². The minimum Gasteiger partial charge on any atom is -0.507 e. The van der Waals surface area contributed by atoms with Crippen molar-refractivity contribution in [3.05, 3.63) is 99.0 Å². The van der Waals surface area contributed by atoms with Crippen LogP contribution in [0.3, 0.4) is 0 Å². The van der Waals surface area contributed by atoms with Crippen molar-refractivity contribution < 1.29 is 24.2 Å². The molecule has 4 aromatic rings. The molecule has 1 aliphatic rings. The highest BCUT2D eigenvalue weighted by molar-refractivity contribution is 8.00. The Labute approximate surface area is 280 Å². The van der Waals surface area contributed by atoms with Crippen molar-refractivity contribution >= 4 is 68.9 Å². The zero-order valence-corrected chi connectivity index (χ0v) is 27.8. The zero-order chi connectivity index (χ0) is 31.9. The second kappa shape index (κ2) is 15.1. The summed E-state index contributed by atoms with van der Waals surface area (Å²) in [6.07, 6.45) is 3.02. The molecule has 0 aliphatic carbocycles. The third kappa shape index (κ3) is 7.47. The Balaban J connectivity index is 1.53. The number of amides is 1. The molecule has 1 N–H and O–H groups in total. The third-order valence-corrected chi connectivity index (χ3v) is 9.74. The maximum atomic E-state index is 13.7. The molecule has 1 saturated heterocycles. The molecule has 1 amide bonds. The highest BCUT2D eigenvalue weighted by atomic mass is 35.5. The molecule has 0 spiro atoms. The summed E-state index contributed by atoms with van der Waals surface area (Å²) in [6, 6.07) is 18.2. The number of unbranched alkanes of at least 4 members (excludes halogenated alkanes) is 2. The molecule has 3 aromatic carbocycles. The van der Waals surface area contributed by atoms with Gasteiger partial charge in [-0.3, -0.25) is 14.5 Å². The first-order valence-corrected chi connectivity index (χ1v) is 17.0. The van der Waals surface area contributed by atoms with Gasteiger partial charge in [-0.05, 0) is 48.7 Å². The van der Waals surface area contributed by atoms with E-state index in [1.807, 2.05) is 13.0 Å². The van der Waals surface area contributed by atoms with Gasteiger partial charge in [-0.2, -0.15) is 0 Å². The number of thioether (sulfide) groups is 1. The van der Waals surface area contributed by atoms with Gasteiger partial charge < -0.3 is 14.6 Å². The molecule has 1 aromatic heterocycles. The average molecular weight is 685 g/mol. The van der Waals surface area contributed by atoms with Crippen molar-refractivity contribution in [3.63, 3.8) is 0 Å². The quantitative estimate of drug-likeness (QED) is 0.0373. The Kier molecular flexibility index (Phi) is 11.0. The number of benzene rings is 3. The summed E-state index contributed by atoms with van der Waals surface area (Å²) in [5, 5.41) is 21.3. The molecule has 0 bridgehead atoms. The Morgan fingerprint density at radius 1 is 0.978 bits per heavy atom. The maximum Gasteiger partial charge on any atom is 0.301 e. The van der Waals surface area contributed by atoms with Crippen molar-refractivity contribution in [2.24, 2.45) is 0 Å². The predicted molar refractivity (Wildman–Crippen MR) is 180 cm³/mol. The second-order valence-electron chi connectivity index (χ2n) is 10.1. The molecular formula is C33H31Cl2N3O5S2. The maximum absolute atomic E-state index is 13.7. The van der Waals surface area contributed by atoms with E-state index in [9.17, 15) is 14.7 Å². The summed E-state index contributed by atoms with van der Waals surface area (Å²) < 4.78 is 12.5. The van der Waals surface area contributed by atoms with Crippen molar-refractivity contribution in [2.45, 2.75) is 49.2 Å². The number of aliphatic hydroxyl groups excluding tert-OH is 1. The molecule has 2 heterocycles. The summed E-state index contributed by atoms with van der Waals surface area (Å²) in [6.45, 7) is 4.91. The fourth-order valence-corrected chi connectivity index (χ4v) is 7.28. The standard InChI is InChI=1S/C33H31Cl2N3O5S2/c1-3-5-9-16-43-25-15-13-21(17-26(25)42-4-2)28-27(29(39)20-10-7-6-8-11-20)30(40)31(41)38(28)32-36-37-33(45-32)44-19-22-12-14-23(34)18-24(22)35/h6-8,10-15,17-18,28,39H,3-5,9,16,19H2,1-2H3/b29-27+. The van der Waals surface area contributed by atoms with Gasteiger partial charge in [0.05, 0.1) is 24.8 Å². The lowest BCUT2D eigenvalue weighted by Gasteiger charge is -2.23. The van der Waals surface area contributed by atoms with Crippen molar-refractivity contribution in [2.75, 3.05) is 18.1 Å². The van der Waals surface area contributed by atoms with Crippen LogP contribution in [0.4, 0.5) is 5.13 Å². The zero-order valence-electron chi connectivity index (χ0n) is 24.7. The number of carbonyl (C=O) groups is 2. The molecule has 1 fully saturated rings. The summed E-state index contributed by atoms with van der Waals surface area (Å²) in [7, 11) is 0. The van der Waals surface area contributed by atoms with Gasteiger partial charge in [0.25, 0.3) is 5.78 Å². The Hall–Kier alpha value is -3.57. The van der Waals surface area contributed by atoms with Crippen molar-refractivity contribution in [1.29, 1.82) is 0 Å². The molecule has 45 heavy (non-hydrogen) atoms. The number of ketones is 1. The summed E-state index contributed by atoms with van der Waals surface area (Å²) in [5.74, 6) is -0.383. The number of anilines is 1. The normalized spacial score (nSPS) is 15.9. The number of aliphatic hydroxyl groups is 1. The van der Waals surface area contributed by atoms with Crippen molar-refractivity contribution in [1.82, 2.24) is 10.2 Å². The van der Waals surface area contributed by atoms with Gasteiger partial charge in [0, 0.05) is 21.4 Å². The number of carbonyl (C=O) groups excluding carboxylic acids is 2. The summed E-state index contributed by atoms with van der Waals surface area (Å²) >= 11 is 14.9. The number of Topliss-reactive ketones (excluding diaryl/α,β-unsaturated/α-hetero) is 1. The van der Waals surface area contributed by atoms with E-state index in [1.54, 1.807) is 60.7 Å². The third-order valence-electron chi connectivity index (χ3n) is 7.05. The molecule has 8 nitrogen and oxygen atoms in total. The van der Waals surface area contributed by atoms with Gasteiger partial charge in [0.2, 0.25) is 5.13 Å². The number of halogens is 2. The Bertz CT molecular complexity index is 1710. The Morgan fingerprint density at radius 2 is 1.78 bits per heavy atom. The predicted octanol–water partition coefficient (Wildman–Crippen LogP) is 8.73. The van der Waals surface area contributed by atoms with E-state index in [0.29, 0.717) is 56.0 Å². The fourth-order valence-electron chi connectivity index (χ4n) is 4.85. The average Bonchev–Trinajstić information content (AvgIpc) is 3.61. The van der Waals surface area contributed by atoms with Crippen LogP contribution in [0.25, 0.3) is 5.76 Å². The lowest BCUT2D eigenvalue weighted by Crippen LogP contribution is -2.29. The minimum absolute atomic E-state index is 0.0531. The highest BCUT2D eigenvalue weighted by Crippen LogP contribution is 2.46. The first-order chi connectivity index (χ1) is 21.8. The van der Waals surface area contributed by atoms with E-state index in [-0.39, 0.29) is 16.5 Å². The van der Waals surface area contributed by atoms with E-state index in [4.69, 9.17) is 32.7 Å². The number of aromatic nitrogens is 2. The highest BCUT2D eigenvalue weighted by Gasteiger charge is 2.48. The lowest BCUT2D eigenvalue weighted by atomic mass is 9.95. The Morgan fingerprint density at radius 3 is 2.51 bits per heavy atom. The van der Waals surface area contributed by atoms with Crippen molar-refractivity contribution in [3.8, 4) is 11.5 Å². The summed E-state index contributed by atoms with van der Waals surface area (Å²) in [5.41, 5.74) is 1.78. The minimum atomic E-state index is -0.991. The van der Waals surface area contributed by atoms with E-state index in [1.165, 1.54) is 28.0 Å². The van der Waals surface area contributed by atoms with Crippen LogP contribution in [0.1, 0.15) is 55.8 Å². The SMILES string of the molecule is CCCCCOc1ccc(C2/C(=C(\O)c3ccccc3)C(=O)C(=O)N2c2nnc(SCc3ccc(Cl)cc3Cl)s2)cc1OCC. The molecular weight excluding hydrogens is 653 g/mol. The smallest absolute Gasteiger partial charge is 0.301 e. The molecule has 5 rings (SSSR count). The number of hydrogen-bond acceptors (Lipinski definition) is 9. The molecule has 1 aliphatic heterocycles. The molecule has 234 valence electrons. The fraction of sp³-hybridized carbons (Fsp3) is 0.273. The second-order valence-corrected chi connectivity index (χ2v) is 13.1. The van der Waals surface area contributed by atoms with Gasteiger partial charge in [0.1, 0.15) is 5.76 Å². The van der Waals surface area contributed by atoms with Crippen LogP contribution in [-0.4, -0.2) is 40.2 Å². The monoisotopic (exact) mass is 683 g/mol. The molecule has 1 unspecified atom stereocenters. The van der Waals surface area contributed by atoms with Gasteiger partial charge in [0.15, 0.2) is 15.8 Å². The van der Waals surface area contributed by atoms with E-state index in [2.05, 4.69) is 17.1 Å². The van der Waals surface area contributed by atoms with Gasteiger partial charge in [-0.15, -0.1) is 10.2 Å². The number of hydrogen-bond donors (Lipinski definition) is 1. The molecule has 0 radical (unpaired) electrons. The molecule has 1 atom stereocenters. The number of ether oxygens (including phenoxy) is 2. The first kappa shape index (κ1) is 32.8. The van der Waals surface area contributed by atoms with Gasteiger partial charge >= 0.3 is 5.91 Å². The first-order valence-electron chi connectivity index (χ1n) is 14.5. The van der Waals surface area contributed by atoms with Crippen LogP contribution in [0.15, 0.2) is 76.6 Å². The van der Waals surface area contributed by atoms with E-state index < -0.39 is 17.7 Å². The topological polar surface area (TPSA) is 102 Å². The van der Waals surface area contributed by atoms with Crippen LogP contribution in [-0.2, 0) is 15.3 Å². The number of rotatable bonds is 13. The molecule has 0 saturated carbocycles. The van der Waals surface area contributed by atoms with Crippen LogP contribution >= 0.6 is 46.3 Å². The largest absolute Gasteiger partial charge is 0.507 e. The van der Waals surface area contributed by atoms with Gasteiger partial charge in [-0.1, -0.05) is 109 Å².